The van der Waals surface area contributed by atoms with Crippen LogP contribution in [0.4, 0.5) is 0 Å². The van der Waals surface area contributed by atoms with E-state index in [1.54, 1.807) is 7.11 Å². The predicted octanol–water partition coefficient (Wildman–Crippen LogP) is 3.29. The van der Waals surface area contributed by atoms with Crippen molar-refractivity contribution >= 4 is 5.91 Å². The number of ether oxygens (including phenoxy) is 3. The van der Waals surface area contributed by atoms with Crippen LogP contribution < -0.4 is 19.5 Å². The highest BCUT2D eigenvalue weighted by Gasteiger charge is 2.11. The molecule has 148 valence electrons. The zero-order chi connectivity index (χ0) is 20.2. The number of para-hydroxylation sites is 1. The number of nitriles is 1. The first-order valence-corrected chi connectivity index (χ1v) is 9.32. The molecule has 2 rings (SSSR count). The molecule has 0 aliphatic rings. The van der Waals surface area contributed by atoms with Crippen LogP contribution in [0.2, 0.25) is 0 Å². The van der Waals surface area contributed by atoms with Gasteiger partial charge in [0.05, 0.1) is 13.2 Å². The van der Waals surface area contributed by atoms with Crippen LogP contribution in [-0.4, -0.2) is 32.8 Å². The lowest BCUT2D eigenvalue weighted by atomic mass is 10.1. The average Bonchev–Trinajstić information content (AvgIpc) is 2.72. The molecule has 0 aliphatic carbocycles. The number of amides is 1. The van der Waals surface area contributed by atoms with Crippen molar-refractivity contribution in [3.8, 4) is 23.3 Å². The van der Waals surface area contributed by atoms with Gasteiger partial charge in [0, 0.05) is 6.54 Å². The first kappa shape index (κ1) is 21.1. The van der Waals surface area contributed by atoms with Gasteiger partial charge in [-0.1, -0.05) is 31.2 Å². The van der Waals surface area contributed by atoms with Gasteiger partial charge in [-0.15, -0.1) is 0 Å². The van der Waals surface area contributed by atoms with Crippen molar-refractivity contribution in [3.05, 3.63) is 53.6 Å². The minimum Gasteiger partial charge on any atom is -0.493 e. The summed E-state index contributed by atoms with van der Waals surface area (Å²) in [5.41, 5.74) is 2.19. The fourth-order valence-corrected chi connectivity index (χ4v) is 2.68. The van der Waals surface area contributed by atoms with Gasteiger partial charge in [0.25, 0.3) is 0 Å². The summed E-state index contributed by atoms with van der Waals surface area (Å²) in [6.07, 6.45) is 1.43. The second-order valence-corrected chi connectivity index (χ2v) is 6.08. The third-order valence-corrected chi connectivity index (χ3v) is 4.17. The molecule has 0 unspecified atom stereocenters. The van der Waals surface area contributed by atoms with E-state index in [1.165, 1.54) is 5.56 Å². The van der Waals surface area contributed by atoms with Crippen LogP contribution in [-0.2, 0) is 17.6 Å². The zero-order valence-electron chi connectivity index (χ0n) is 16.4. The summed E-state index contributed by atoms with van der Waals surface area (Å²) in [6.45, 7) is 3.30. The summed E-state index contributed by atoms with van der Waals surface area (Å²) in [5.74, 6) is 1.80. The van der Waals surface area contributed by atoms with Crippen LogP contribution in [0.3, 0.4) is 0 Å². The fraction of sp³-hybridized carbons (Fsp3) is 0.364. The monoisotopic (exact) mass is 382 g/mol. The predicted molar refractivity (Wildman–Crippen MR) is 107 cm³/mol. The van der Waals surface area contributed by atoms with E-state index in [2.05, 4.69) is 24.4 Å². The second-order valence-electron chi connectivity index (χ2n) is 6.08. The molecular weight excluding hydrogens is 356 g/mol. The van der Waals surface area contributed by atoms with Gasteiger partial charge in [0.1, 0.15) is 25.4 Å². The second kappa shape index (κ2) is 11.5. The van der Waals surface area contributed by atoms with Crippen molar-refractivity contribution in [1.82, 2.24) is 5.32 Å². The van der Waals surface area contributed by atoms with Crippen molar-refractivity contribution in [2.45, 2.75) is 26.2 Å². The van der Waals surface area contributed by atoms with Gasteiger partial charge in [0.15, 0.2) is 11.5 Å². The van der Waals surface area contributed by atoms with E-state index >= 15 is 0 Å². The van der Waals surface area contributed by atoms with Gasteiger partial charge in [-0.25, -0.2) is 0 Å². The molecule has 0 bridgehead atoms. The van der Waals surface area contributed by atoms with E-state index in [0.717, 1.165) is 17.7 Å². The third kappa shape index (κ3) is 6.51. The number of nitrogens with one attached hydrogen (secondary N) is 1. The van der Waals surface area contributed by atoms with E-state index < -0.39 is 0 Å². The maximum Gasteiger partial charge on any atom is 0.234 e. The first-order valence-electron chi connectivity index (χ1n) is 9.32. The number of aryl methyl sites for hydroxylation is 1. The van der Waals surface area contributed by atoms with E-state index in [1.807, 2.05) is 36.4 Å². The molecular formula is C22H26N2O4. The molecule has 6 nitrogen and oxygen atoms in total. The Morgan fingerprint density at radius 2 is 1.86 bits per heavy atom. The molecule has 0 saturated carbocycles. The van der Waals surface area contributed by atoms with Crippen molar-refractivity contribution in [1.29, 1.82) is 5.26 Å². The van der Waals surface area contributed by atoms with E-state index in [9.17, 15) is 4.79 Å². The minimum atomic E-state index is -0.282. The molecule has 0 aromatic heterocycles. The molecule has 2 aromatic carbocycles. The molecule has 0 fully saturated rings. The molecule has 28 heavy (non-hydrogen) atoms. The van der Waals surface area contributed by atoms with Gasteiger partial charge in [-0.2, -0.15) is 5.26 Å². The van der Waals surface area contributed by atoms with Crippen LogP contribution in [0.5, 0.6) is 17.2 Å². The molecule has 2 aromatic rings. The number of hydrogen-bond donors (Lipinski definition) is 1. The summed E-state index contributed by atoms with van der Waals surface area (Å²) in [7, 11) is 1.59. The van der Waals surface area contributed by atoms with E-state index in [4.69, 9.17) is 19.5 Å². The largest absolute Gasteiger partial charge is 0.493 e. The van der Waals surface area contributed by atoms with Gasteiger partial charge in [-0.05, 0) is 42.2 Å². The van der Waals surface area contributed by atoms with Crippen molar-refractivity contribution in [3.63, 3.8) is 0 Å². The molecule has 1 N–H and O–H groups in total. The Bertz CT molecular complexity index is 797. The van der Waals surface area contributed by atoms with E-state index in [0.29, 0.717) is 37.7 Å². The lowest BCUT2D eigenvalue weighted by molar-refractivity contribution is -0.120. The average molecular weight is 382 g/mol. The normalized spacial score (nSPS) is 10.0. The number of methoxy groups -OCH3 is 1. The van der Waals surface area contributed by atoms with Gasteiger partial charge < -0.3 is 19.5 Å². The summed E-state index contributed by atoms with van der Waals surface area (Å²) >= 11 is 0. The molecule has 0 heterocycles. The molecule has 0 spiro atoms. The number of benzene rings is 2. The lowest BCUT2D eigenvalue weighted by Crippen LogP contribution is -2.25. The molecule has 1 amide bonds. The van der Waals surface area contributed by atoms with Crippen molar-refractivity contribution < 1.29 is 19.0 Å². The zero-order valence-corrected chi connectivity index (χ0v) is 16.4. The highest BCUT2D eigenvalue weighted by Crippen LogP contribution is 2.31. The SMILES string of the molecule is CCc1ccc(OCCOc2c(CCNC(=O)CC#N)cccc2OC)cc1. The first-order chi connectivity index (χ1) is 13.7. The van der Waals surface area contributed by atoms with Crippen molar-refractivity contribution in [2.24, 2.45) is 0 Å². The van der Waals surface area contributed by atoms with Gasteiger partial charge in [-0.3, -0.25) is 4.79 Å². The van der Waals surface area contributed by atoms with Gasteiger partial charge >= 0.3 is 0 Å². The Kier molecular flexibility index (Phi) is 8.67. The Balaban J connectivity index is 1.89. The Hall–Kier alpha value is -3.20. The number of nitrogens with zero attached hydrogens (tertiary/aromatic N) is 1. The van der Waals surface area contributed by atoms with Crippen LogP contribution in [0.1, 0.15) is 24.5 Å². The van der Waals surface area contributed by atoms with Crippen LogP contribution in [0, 0.1) is 11.3 Å². The van der Waals surface area contributed by atoms with Crippen LogP contribution >= 0.6 is 0 Å². The van der Waals surface area contributed by atoms with Crippen molar-refractivity contribution in [2.75, 3.05) is 26.9 Å². The number of carbonyl (C=O) groups is 1. The lowest BCUT2D eigenvalue weighted by Gasteiger charge is -2.15. The highest BCUT2D eigenvalue weighted by atomic mass is 16.5. The smallest absolute Gasteiger partial charge is 0.234 e. The standard InChI is InChI=1S/C22H26N2O4/c1-3-17-7-9-19(10-8-17)27-15-16-28-22-18(5-4-6-20(22)26-2)12-14-24-21(25)11-13-23/h4-10H,3,11-12,14-16H2,1-2H3,(H,24,25). The minimum absolute atomic E-state index is 0.141. The Labute approximate surface area is 166 Å². The topological polar surface area (TPSA) is 80.6 Å². The Morgan fingerprint density at radius 3 is 2.54 bits per heavy atom. The summed E-state index contributed by atoms with van der Waals surface area (Å²) in [4.78, 5) is 11.4. The number of hydrogen-bond acceptors (Lipinski definition) is 5. The quantitative estimate of drug-likeness (QED) is 0.603. The maximum atomic E-state index is 11.4. The molecule has 0 radical (unpaired) electrons. The maximum absolute atomic E-state index is 11.4. The number of carbonyl (C=O) groups excluding carboxylic acids is 1. The summed E-state index contributed by atoms with van der Waals surface area (Å²) in [6, 6.07) is 15.5. The van der Waals surface area contributed by atoms with E-state index in [-0.39, 0.29) is 12.3 Å². The molecule has 6 heteroatoms. The fourth-order valence-electron chi connectivity index (χ4n) is 2.68. The molecule has 0 atom stereocenters. The Morgan fingerprint density at radius 1 is 1.11 bits per heavy atom. The number of rotatable bonds is 11. The van der Waals surface area contributed by atoms with Crippen LogP contribution in [0.15, 0.2) is 42.5 Å². The molecule has 0 aliphatic heterocycles. The molecule has 0 saturated heterocycles. The van der Waals surface area contributed by atoms with Crippen LogP contribution in [0.25, 0.3) is 0 Å². The van der Waals surface area contributed by atoms with Gasteiger partial charge in [0.2, 0.25) is 5.91 Å². The third-order valence-electron chi connectivity index (χ3n) is 4.17. The highest BCUT2D eigenvalue weighted by molar-refractivity contribution is 5.77. The summed E-state index contributed by atoms with van der Waals surface area (Å²) in [5, 5.41) is 11.2. The summed E-state index contributed by atoms with van der Waals surface area (Å²) < 4.78 is 17.0.